The molecule has 5 heteroatoms. The van der Waals surface area contributed by atoms with Gasteiger partial charge < -0.3 is 5.32 Å². The molecule has 1 aromatic carbocycles. The van der Waals surface area contributed by atoms with E-state index in [0.29, 0.717) is 10.6 Å². The molecular formula is C10H9ClN4. The first-order valence-electron chi connectivity index (χ1n) is 4.74. The summed E-state index contributed by atoms with van der Waals surface area (Å²) < 4.78 is 1.86. The molecule has 15 heavy (non-hydrogen) atoms. The Hall–Kier alpha value is -1.55. The van der Waals surface area contributed by atoms with Crippen LogP contribution in [0.25, 0.3) is 10.9 Å². The van der Waals surface area contributed by atoms with Gasteiger partial charge in [0, 0.05) is 23.5 Å². The lowest BCUT2D eigenvalue weighted by atomic mass is 10.2. The minimum atomic E-state index is 0.296. The molecule has 76 valence electrons. The maximum absolute atomic E-state index is 7.77. The number of nitrogens with zero attached hydrogens (tertiary/aromatic N) is 2. The summed E-state index contributed by atoms with van der Waals surface area (Å²) in [6, 6.07) is 5.52. The van der Waals surface area contributed by atoms with Crippen molar-refractivity contribution in [2.45, 2.75) is 6.54 Å². The molecule has 0 spiro atoms. The predicted octanol–water partition coefficient (Wildman–Crippen LogP) is 1.59. The Labute approximate surface area is 91.0 Å². The molecule has 0 fully saturated rings. The molecule has 3 rings (SSSR count). The Morgan fingerprint density at radius 1 is 1.47 bits per heavy atom. The van der Waals surface area contributed by atoms with Crippen LogP contribution in [0, 0.1) is 5.41 Å². The van der Waals surface area contributed by atoms with Gasteiger partial charge in [-0.3, -0.25) is 9.98 Å². The van der Waals surface area contributed by atoms with Crippen LogP contribution in [0.15, 0.2) is 18.2 Å². The van der Waals surface area contributed by atoms with Crippen LogP contribution in [0.1, 0.15) is 0 Å². The van der Waals surface area contributed by atoms with E-state index in [1.54, 1.807) is 6.07 Å². The van der Waals surface area contributed by atoms with E-state index in [0.717, 1.165) is 29.8 Å². The molecule has 0 saturated carbocycles. The van der Waals surface area contributed by atoms with Crippen molar-refractivity contribution in [1.82, 2.24) is 9.55 Å². The van der Waals surface area contributed by atoms with Gasteiger partial charge >= 0.3 is 0 Å². The van der Waals surface area contributed by atoms with Gasteiger partial charge in [-0.2, -0.15) is 0 Å². The van der Waals surface area contributed by atoms with Gasteiger partial charge in [0.05, 0.1) is 5.52 Å². The van der Waals surface area contributed by atoms with Crippen molar-refractivity contribution in [1.29, 1.82) is 5.41 Å². The molecule has 1 aromatic heterocycles. The van der Waals surface area contributed by atoms with E-state index in [-0.39, 0.29) is 0 Å². The van der Waals surface area contributed by atoms with E-state index in [9.17, 15) is 0 Å². The van der Waals surface area contributed by atoms with Crippen molar-refractivity contribution in [3.63, 3.8) is 0 Å². The SMILES string of the molecule is N=c1nc2ccc(Cl)cc2c2n1CCN2. The van der Waals surface area contributed by atoms with Gasteiger partial charge in [0.25, 0.3) is 0 Å². The van der Waals surface area contributed by atoms with Crippen molar-refractivity contribution in [3.8, 4) is 0 Å². The zero-order valence-corrected chi connectivity index (χ0v) is 8.67. The minimum absolute atomic E-state index is 0.296. The number of anilines is 1. The maximum atomic E-state index is 7.77. The quantitative estimate of drug-likeness (QED) is 0.709. The van der Waals surface area contributed by atoms with Gasteiger partial charge in [-0.05, 0) is 18.2 Å². The summed E-state index contributed by atoms with van der Waals surface area (Å²) in [6.45, 7) is 1.64. The molecule has 0 amide bonds. The lowest BCUT2D eigenvalue weighted by Crippen LogP contribution is -2.21. The summed E-state index contributed by atoms with van der Waals surface area (Å²) in [6.07, 6.45) is 0. The number of hydrogen-bond acceptors (Lipinski definition) is 3. The van der Waals surface area contributed by atoms with Crippen molar-refractivity contribution in [2.75, 3.05) is 11.9 Å². The Bertz CT molecular complexity index is 602. The summed E-state index contributed by atoms with van der Waals surface area (Å²) in [5, 5.41) is 12.7. The molecule has 0 unspecified atom stereocenters. The lowest BCUT2D eigenvalue weighted by Gasteiger charge is -2.07. The van der Waals surface area contributed by atoms with Crippen molar-refractivity contribution in [2.24, 2.45) is 0 Å². The highest BCUT2D eigenvalue weighted by Crippen LogP contribution is 2.25. The first-order valence-corrected chi connectivity index (χ1v) is 5.12. The third-order valence-electron chi connectivity index (χ3n) is 2.59. The second-order valence-electron chi connectivity index (χ2n) is 3.52. The summed E-state index contributed by atoms with van der Waals surface area (Å²) in [5.74, 6) is 0.951. The fraction of sp³-hybridized carbons (Fsp3) is 0.200. The molecule has 4 nitrogen and oxygen atoms in total. The van der Waals surface area contributed by atoms with Gasteiger partial charge in [0.2, 0.25) is 5.62 Å². The maximum Gasteiger partial charge on any atom is 0.224 e. The predicted molar refractivity (Wildman–Crippen MR) is 59.1 cm³/mol. The average molecular weight is 221 g/mol. The number of fused-ring (bicyclic) bond motifs is 3. The topological polar surface area (TPSA) is 53.7 Å². The zero-order chi connectivity index (χ0) is 10.4. The van der Waals surface area contributed by atoms with Crippen LogP contribution in [0.2, 0.25) is 5.02 Å². The van der Waals surface area contributed by atoms with E-state index < -0.39 is 0 Å². The largest absolute Gasteiger partial charge is 0.369 e. The van der Waals surface area contributed by atoms with Crippen molar-refractivity contribution in [3.05, 3.63) is 28.8 Å². The molecular weight excluding hydrogens is 212 g/mol. The Morgan fingerprint density at radius 2 is 2.33 bits per heavy atom. The summed E-state index contributed by atoms with van der Waals surface area (Å²) in [7, 11) is 0. The lowest BCUT2D eigenvalue weighted by molar-refractivity contribution is 0.717. The Kier molecular flexibility index (Phi) is 1.73. The van der Waals surface area contributed by atoms with E-state index in [2.05, 4.69) is 10.3 Å². The monoisotopic (exact) mass is 220 g/mol. The molecule has 1 aliphatic heterocycles. The molecule has 1 aliphatic rings. The van der Waals surface area contributed by atoms with Crippen LogP contribution in [0.5, 0.6) is 0 Å². The Morgan fingerprint density at radius 3 is 3.20 bits per heavy atom. The highest BCUT2D eigenvalue weighted by molar-refractivity contribution is 6.31. The third-order valence-corrected chi connectivity index (χ3v) is 2.83. The number of aromatic nitrogens is 2. The minimum Gasteiger partial charge on any atom is -0.369 e. The number of rotatable bonds is 0. The first-order chi connectivity index (χ1) is 7.25. The van der Waals surface area contributed by atoms with E-state index in [1.165, 1.54) is 0 Å². The van der Waals surface area contributed by atoms with Crippen molar-refractivity contribution >= 4 is 28.3 Å². The van der Waals surface area contributed by atoms with Crippen LogP contribution in [-0.2, 0) is 6.54 Å². The molecule has 0 bridgehead atoms. The molecule has 2 aromatic rings. The van der Waals surface area contributed by atoms with Crippen LogP contribution < -0.4 is 10.9 Å². The number of nitrogens with one attached hydrogen (secondary N) is 2. The number of benzene rings is 1. The molecule has 2 N–H and O–H groups in total. The van der Waals surface area contributed by atoms with Crippen LogP contribution in [0.4, 0.5) is 5.82 Å². The zero-order valence-electron chi connectivity index (χ0n) is 7.92. The molecule has 0 atom stereocenters. The highest BCUT2D eigenvalue weighted by Gasteiger charge is 2.14. The van der Waals surface area contributed by atoms with Gasteiger partial charge in [0.1, 0.15) is 5.82 Å². The summed E-state index contributed by atoms with van der Waals surface area (Å²) >= 11 is 5.95. The van der Waals surface area contributed by atoms with Gasteiger partial charge in [0.15, 0.2) is 0 Å². The van der Waals surface area contributed by atoms with Crippen LogP contribution in [-0.4, -0.2) is 16.1 Å². The molecule has 0 radical (unpaired) electrons. The second-order valence-corrected chi connectivity index (χ2v) is 3.96. The second kappa shape index (κ2) is 2.97. The number of halogens is 1. The van der Waals surface area contributed by atoms with E-state index in [4.69, 9.17) is 17.0 Å². The third kappa shape index (κ3) is 1.22. The van der Waals surface area contributed by atoms with Gasteiger partial charge in [-0.1, -0.05) is 11.6 Å². The number of hydrogen-bond donors (Lipinski definition) is 2. The van der Waals surface area contributed by atoms with Gasteiger partial charge in [-0.25, -0.2) is 4.98 Å². The normalized spacial score (nSPS) is 13.9. The van der Waals surface area contributed by atoms with Crippen LogP contribution >= 0.6 is 11.6 Å². The standard InChI is InChI=1S/C10H9ClN4/c11-6-1-2-8-7(5-6)9-13-3-4-15(9)10(12)14-8/h1-2,5,12-13H,3-4H2. The molecule has 0 saturated heterocycles. The molecule has 2 heterocycles. The highest BCUT2D eigenvalue weighted by atomic mass is 35.5. The Balaban J connectivity index is 2.49. The fourth-order valence-electron chi connectivity index (χ4n) is 1.92. The fourth-order valence-corrected chi connectivity index (χ4v) is 2.09. The van der Waals surface area contributed by atoms with Crippen molar-refractivity contribution < 1.29 is 0 Å². The average Bonchev–Trinajstić information content (AvgIpc) is 2.69. The summed E-state index contributed by atoms with van der Waals surface area (Å²) in [4.78, 5) is 4.22. The first kappa shape index (κ1) is 8.73. The smallest absolute Gasteiger partial charge is 0.224 e. The molecule has 0 aliphatic carbocycles. The summed E-state index contributed by atoms with van der Waals surface area (Å²) in [5.41, 5.74) is 1.11. The van der Waals surface area contributed by atoms with E-state index in [1.807, 2.05) is 16.7 Å². The van der Waals surface area contributed by atoms with Crippen LogP contribution in [0.3, 0.4) is 0 Å². The van der Waals surface area contributed by atoms with E-state index >= 15 is 0 Å². The van der Waals surface area contributed by atoms with Gasteiger partial charge in [-0.15, -0.1) is 0 Å².